The van der Waals surface area contributed by atoms with Crippen LogP contribution in [0.3, 0.4) is 0 Å². The van der Waals surface area contributed by atoms with E-state index in [1.54, 1.807) is 0 Å². The van der Waals surface area contributed by atoms with Gasteiger partial charge in [-0.25, -0.2) is 0 Å². The SMILES string of the molecule is Cc1cc2c(N3CCOCC3)nc(N(C)C)nc2[nH]1. The topological polar surface area (TPSA) is 57.3 Å². The molecule has 1 aliphatic heterocycles. The van der Waals surface area contributed by atoms with Crippen LogP contribution in [0, 0.1) is 6.92 Å². The summed E-state index contributed by atoms with van der Waals surface area (Å²) in [5.41, 5.74) is 2.01. The van der Waals surface area contributed by atoms with Crippen molar-refractivity contribution in [3.63, 3.8) is 0 Å². The fourth-order valence-electron chi connectivity index (χ4n) is 2.33. The number of aryl methyl sites for hydroxylation is 1. The van der Waals surface area contributed by atoms with Gasteiger partial charge in [0.05, 0.1) is 18.6 Å². The fourth-order valence-corrected chi connectivity index (χ4v) is 2.33. The summed E-state index contributed by atoms with van der Waals surface area (Å²) in [6, 6.07) is 2.11. The number of hydrogen-bond acceptors (Lipinski definition) is 5. The van der Waals surface area contributed by atoms with E-state index >= 15 is 0 Å². The Hall–Kier alpha value is -1.82. The highest BCUT2D eigenvalue weighted by Crippen LogP contribution is 2.27. The average Bonchev–Trinajstić information content (AvgIpc) is 2.78. The van der Waals surface area contributed by atoms with Crippen molar-refractivity contribution in [2.75, 3.05) is 50.2 Å². The molecule has 0 atom stereocenters. The summed E-state index contributed by atoms with van der Waals surface area (Å²) < 4.78 is 5.41. The lowest BCUT2D eigenvalue weighted by Gasteiger charge is -2.28. The molecule has 2 aromatic heterocycles. The lowest BCUT2D eigenvalue weighted by molar-refractivity contribution is 0.122. The highest BCUT2D eigenvalue weighted by Gasteiger charge is 2.18. The van der Waals surface area contributed by atoms with Crippen molar-refractivity contribution < 1.29 is 4.74 Å². The summed E-state index contributed by atoms with van der Waals surface area (Å²) in [7, 11) is 3.92. The van der Waals surface area contributed by atoms with Gasteiger partial charge in [-0.05, 0) is 13.0 Å². The van der Waals surface area contributed by atoms with Crippen LogP contribution in [0.4, 0.5) is 11.8 Å². The summed E-state index contributed by atoms with van der Waals surface area (Å²) in [5, 5.41) is 1.09. The first-order valence-electron chi connectivity index (χ1n) is 6.52. The molecule has 19 heavy (non-hydrogen) atoms. The van der Waals surface area contributed by atoms with Crippen molar-refractivity contribution in [3.8, 4) is 0 Å². The number of nitrogens with one attached hydrogen (secondary N) is 1. The molecule has 102 valence electrons. The van der Waals surface area contributed by atoms with Crippen molar-refractivity contribution in [1.82, 2.24) is 15.0 Å². The van der Waals surface area contributed by atoms with Crippen LogP contribution in [0.5, 0.6) is 0 Å². The molecular weight excluding hydrogens is 242 g/mol. The van der Waals surface area contributed by atoms with E-state index in [1.165, 1.54) is 0 Å². The van der Waals surface area contributed by atoms with Crippen molar-refractivity contribution in [2.24, 2.45) is 0 Å². The third-order valence-corrected chi connectivity index (χ3v) is 3.30. The maximum Gasteiger partial charge on any atom is 0.228 e. The van der Waals surface area contributed by atoms with Crippen LogP contribution in [0.15, 0.2) is 6.07 Å². The number of nitrogens with zero attached hydrogens (tertiary/aromatic N) is 4. The minimum atomic E-state index is 0.732. The molecule has 3 rings (SSSR count). The molecule has 1 fully saturated rings. The molecule has 1 aliphatic rings. The molecule has 1 saturated heterocycles. The standard InChI is InChI=1S/C13H19N5O/c1-9-8-10-11(14-9)15-13(17(2)3)16-12(10)18-4-6-19-7-5-18/h8H,4-7H2,1-3H3,(H,14,15,16). The first-order chi connectivity index (χ1) is 9.15. The number of ether oxygens (including phenoxy) is 1. The predicted molar refractivity (Wildman–Crippen MR) is 76.0 cm³/mol. The lowest BCUT2D eigenvalue weighted by Crippen LogP contribution is -2.37. The highest BCUT2D eigenvalue weighted by molar-refractivity contribution is 5.89. The van der Waals surface area contributed by atoms with Gasteiger partial charge in [0.2, 0.25) is 5.95 Å². The van der Waals surface area contributed by atoms with E-state index in [4.69, 9.17) is 9.72 Å². The molecule has 2 aromatic rings. The minimum Gasteiger partial charge on any atom is -0.378 e. The summed E-state index contributed by atoms with van der Waals surface area (Å²) in [6.07, 6.45) is 0. The van der Waals surface area contributed by atoms with E-state index in [0.717, 1.165) is 54.8 Å². The zero-order valence-corrected chi connectivity index (χ0v) is 11.6. The summed E-state index contributed by atoms with van der Waals surface area (Å²) in [6.45, 7) is 5.31. The molecule has 6 nitrogen and oxygen atoms in total. The van der Waals surface area contributed by atoms with Gasteiger partial charge in [0, 0.05) is 32.9 Å². The van der Waals surface area contributed by atoms with Crippen LogP contribution in [0.1, 0.15) is 5.69 Å². The molecule has 3 heterocycles. The second-order valence-corrected chi connectivity index (χ2v) is 5.06. The number of morpholine rings is 1. The number of fused-ring (bicyclic) bond motifs is 1. The van der Waals surface area contributed by atoms with Gasteiger partial charge < -0.3 is 19.5 Å². The summed E-state index contributed by atoms with van der Waals surface area (Å²) in [5.74, 6) is 1.73. The van der Waals surface area contributed by atoms with E-state index < -0.39 is 0 Å². The number of hydrogen-bond donors (Lipinski definition) is 1. The number of rotatable bonds is 2. The monoisotopic (exact) mass is 261 g/mol. The van der Waals surface area contributed by atoms with Crippen molar-refractivity contribution in [2.45, 2.75) is 6.92 Å². The third-order valence-electron chi connectivity index (χ3n) is 3.30. The van der Waals surface area contributed by atoms with E-state index in [2.05, 4.69) is 20.9 Å². The Morgan fingerprint density at radius 3 is 2.68 bits per heavy atom. The van der Waals surface area contributed by atoms with Gasteiger partial charge in [0.15, 0.2) is 0 Å². The average molecular weight is 261 g/mol. The van der Waals surface area contributed by atoms with Gasteiger partial charge in [0.25, 0.3) is 0 Å². The predicted octanol–water partition coefficient (Wildman–Crippen LogP) is 1.17. The Balaban J connectivity index is 2.13. The van der Waals surface area contributed by atoms with Gasteiger partial charge in [-0.1, -0.05) is 0 Å². The molecule has 0 radical (unpaired) electrons. The first-order valence-corrected chi connectivity index (χ1v) is 6.52. The Bertz CT molecular complexity index is 586. The molecule has 0 aromatic carbocycles. The van der Waals surface area contributed by atoms with E-state index in [9.17, 15) is 0 Å². The number of H-pyrrole nitrogens is 1. The second kappa shape index (κ2) is 4.70. The maximum absolute atomic E-state index is 5.41. The number of aromatic nitrogens is 3. The molecular formula is C13H19N5O. The molecule has 0 aliphatic carbocycles. The van der Waals surface area contributed by atoms with Gasteiger partial charge in [-0.15, -0.1) is 0 Å². The van der Waals surface area contributed by atoms with Crippen LogP contribution in [0.2, 0.25) is 0 Å². The number of aromatic amines is 1. The van der Waals surface area contributed by atoms with Crippen LogP contribution in [-0.2, 0) is 4.74 Å². The largest absolute Gasteiger partial charge is 0.378 e. The van der Waals surface area contributed by atoms with Crippen LogP contribution in [0.25, 0.3) is 11.0 Å². The van der Waals surface area contributed by atoms with E-state index in [-0.39, 0.29) is 0 Å². The Morgan fingerprint density at radius 1 is 1.26 bits per heavy atom. The molecule has 1 N–H and O–H groups in total. The summed E-state index contributed by atoms with van der Waals surface area (Å²) >= 11 is 0. The zero-order chi connectivity index (χ0) is 13.4. The van der Waals surface area contributed by atoms with Crippen molar-refractivity contribution in [3.05, 3.63) is 11.8 Å². The maximum atomic E-state index is 5.41. The fraction of sp³-hybridized carbons (Fsp3) is 0.538. The van der Waals surface area contributed by atoms with E-state index in [1.807, 2.05) is 25.9 Å². The molecule has 6 heteroatoms. The number of anilines is 2. The van der Waals surface area contributed by atoms with Gasteiger partial charge >= 0.3 is 0 Å². The Labute approximate surface area is 112 Å². The summed E-state index contributed by atoms with van der Waals surface area (Å²) in [4.78, 5) is 16.8. The molecule has 0 spiro atoms. The van der Waals surface area contributed by atoms with Crippen LogP contribution in [-0.4, -0.2) is 55.4 Å². The van der Waals surface area contributed by atoms with Gasteiger partial charge in [0.1, 0.15) is 11.5 Å². The minimum absolute atomic E-state index is 0.732. The zero-order valence-electron chi connectivity index (χ0n) is 11.6. The van der Waals surface area contributed by atoms with Crippen LogP contribution < -0.4 is 9.80 Å². The normalized spacial score (nSPS) is 16.1. The van der Waals surface area contributed by atoms with E-state index in [0.29, 0.717) is 0 Å². The lowest BCUT2D eigenvalue weighted by atomic mass is 10.3. The van der Waals surface area contributed by atoms with Gasteiger partial charge in [-0.2, -0.15) is 9.97 Å². The van der Waals surface area contributed by atoms with Crippen molar-refractivity contribution in [1.29, 1.82) is 0 Å². The van der Waals surface area contributed by atoms with Crippen molar-refractivity contribution >= 4 is 22.8 Å². The molecule has 0 bridgehead atoms. The van der Waals surface area contributed by atoms with Gasteiger partial charge in [-0.3, -0.25) is 0 Å². The Kier molecular flexibility index (Phi) is 3.02. The quantitative estimate of drug-likeness (QED) is 0.879. The molecule has 0 amide bonds. The second-order valence-electron chi connectivity index (χ2n) is 5.06. The third kappa shape index (κ3) is 2.23. The smallest absolute Gasteiger partial charge is 0.228 e. The highest BCUT2D eigenvalue weighted by atomic mass is 16.5. The van der Waals surface area contributed by atoms with Crippen LogP contribution >= 0.6 is 0 Å². The Morgan fingerprint density at radius 2 is 2.00 bits per heavy atom. The molecule has 0 unspecified atom stereocenters. The molecule has 0 saturated carbocycles. The first kappa shape index (κ1) is 12.2.